The van der Waals surface area contributed by atoms with Crippen molar-refractivity contribution in [3.63, 3.8) is 0 Å². The number of likely N-dealkylation sites (tertiary alicyclic amines) is 1. The molecule has 1 saturated heterocycles. The highest BCUT2D eigenvalue weighted by Crippen LogP contribution is 2.29. The second kappa shape index (κ2) is 7.20. The maximum atomic E-state index is 12.5. The van der Waals surface area contributed by atoms with E-state index in [0.717, 1.165) is 16.7 Å². The Kier molecular flexibility index (Phi) is 4.98. The van der Waals surface area contributed by atoms with Crippen molar-refractivity contribution in [1.82, 2.24) is 4.90 Å². The zero-order valence-corrected chi connectivity index (χ0v) is 15.0. The number of carboxylic acids is 1. The van der Waals surface area contributed by atoms with E-state index in [1.807, 2.05) is 54.6 Å². The van der Waals surface area contributed by atoms with Crippen LogP contribution in [0.5, 0.6) is 0 Å². The van der Waals surface area contributed by atoms with Crippen LogP contribution in [0.3, 0.4) is 0 Å². The summed E-state index contributed by atoms with van der Waals surface area (Å²) in [5, 5.41) is 11.2. The van der Waals surface area contributed by atoms with Crippen molar-refractivity contribution in [2.45, 2.75) is 38.3 Å². The van der Waals surface area contributed by atoms with Crippen LogP contribution in [-0.2, 0) is 15.1 Å². The number of amides is 1. The molecule has 0 bridgehead atoms. The number of carboxylic acid groups (broad SMARTS) is 1. The van der Waals surface area contributed by atoms with Crippen LogP contribution >= 0.6 is 0 Å². The van der Waals surface area contributed by atoms with Gasteiger partial charge in [0, 0.05) is 6.54 Å². The number of carbonyl (C=O) groups is 2. The molecule has 1 fully saturated rings. The van der Waals surface area contributed by atoms with Crippen molar-refractivity contribution in [2.24, 2.45) is 0 Å². The molecule has 0 spiro atoms. The summed E-state index contributed by atoms with van der Waals surface area (Å²) in [5.74, 6) is -1.23. The van der Waals surface area contributed by atoms with Crippen LogP contribution in [-0.4, -0.2) is 29.5 Å². The van der Waals surface area contributed by atoms with Gasteiger partial charge < -0.3 is 14.6 Å². The number of aliphatic carboxylic acids is 1. The number of nitrogens with zero attached hydrogens (tertiary/aromatic N) is 1. The van der Waals surface area contributed by atoms with Gasteiger partial charge in [-0.1, -0.05) is 54.6 Å². The largest absolute Gasteiger partial charge is 0.548 e. The molecule has 5 heteroatoms. The lowest BCUT2D eigenvalue weighted by Gasteiger charge is -2.31. The van der Waals surface area contributed by atoms with Gasteiger partial charge in [-0.05, 0) is 43.4 Å². The Labute approximate surface area is 153 Å². The van der Waals surface area contributed by atoms with Crippen LogP contribution in [0, 0.1) is 0 Å². The van der Waals surface area contributed by atoms with Gasteiger partial charge in [-0.2, -0.15) is 0 Å². The second-order valence-corrected chi connectivity index (χ2v) is 6.99. The SMILES string of the molecule is CC(C)(OC(=O)N1CCCC1C(=O)[O-])c1ccc(-c2ccccc2)cc1. The zero-order chi connectivity index (χ0) is 18.7. The predicted octanol–water partition coefficient (Wildman–Crippen LogP) is 2.94. The summed E-state index contributed by atoms with van der Waals surface area (Å²) in [5.41, 5.74) is 2.16. The molecule has 1 aliphatic rings. The molecule has 0 aliphatic carbocycles. The van der Waals surface area contributed by atoms with Crippen LogP contribution in [0.25, 0.3) is 11.1 Å². The lowest BCUT2D eigenvalue weighted by atomic mass is 9.95. The van der Waals surface area contributed by atoms with Crippen LogP contribution in [0.2, 0.25) is 0 Å². The molecule has 1 unspecified atom stereocenters. The Balaban J connectivity index is 1.73. The van der Waals surface area contributed by atoms with Gasteiger partial charge in [0.25, 0.3) is 0 Å². The number of ether oxygens (including phenoxy) is 1. The van der Waals surface area contributed by atoms with Gasteiger partial charge in [0.15, 0.2) is 0 Å². The van der Waals surface area contributed by atoms with Crippen molar-refractivity contribution in [1.29, 1.82) is 0 Å². The molecule has 0 radical (unpaired) electrons. The van der Waals surface area contributed by atoms with Gasteiger partial charge in [-0.3, -0.25) is 4.90 Å². The summed E-state index contributed by atoms with van der Waals surface area (Å²) < 4.78 is 5.63. The summed E-state index contributed by atoms with van der Waals surface area (Å²) in [4.78, 5) is 24.9. The third kappa shape index (κ3) is 3.72. The maximum absolute atomic E-state index is 12.5. The van der Waals surface area contributed by atoms with Crippen molar-refractivity contribution in [3.8, 4) is 11.1 Å². The van der Waals surface area contributed by atoms with Crippen molar-refractivity contribution in [2.75, 3.05) is 6.54 Å². The van der Waals surface area contributed by atoms with Gasteiger partial charge in [0.1, 0.15) is 5.60 Å². The van der Waals surface area contributed by atoms with Gasteiger partial charge in [-0.25, -0.2) is 4.79 Å². The molecular formula is C21H22NO4-. The van der Waals surface area contributed by atoms with Crippen molar-refractivity contribution in [3.05, 3.63) is 60.2 Å². The first-order chi connectivity index (χ1) is 12.4. The fourth-order valence-electron chi connectivity index (χ4n) is 3.26. The maximum Gasteiger partial charge on any atom is 0.411 e. The Morgan fingerprint density at radius 1 is 1.04 bits per heavy atom. The molecule has 2 aromatic rings. The van der Waals surface area contributed by atoms with E-state index in [-0.39, 0.29) is 0 Å². The van der Waals surface area contributed by atoms with Gasteiger partial charge in [0.2, 0.25) is 0 Å². The first kappa shape index (κ1) is 18.0. The topological polar surface area (TPSA) is 69.7 Å². The highest BCUT2D eigenvalue weighted by Gasteiger charge is 2.34. The van der Waals surface area contributed by atoms with Crippen LogP contribution in [0.1, 0.15) is 32.3 Å². The minimum atomic E-state index is -1.23. The molecule has 1 amide bonds. The van der Waals surface area contributed by atoms with E-state index in [4.69, 9.17) is 4.74 Å². The average molecular weight is 352 g/mol. The molecule has 0 aromatic heterocycles. The van der Waals surface area contributed by atoms with E-state index in [1.165, 1.54) is 4.90 Å². The molecule has 136 valence electrons. The minimum absolute atomic E-state index is 0.376. The number of benzene rings is 2. The summed E-state index contributed by atoms with van der Waals surface area (Å²) in [6.07, 6.45) is 0.428. The molecule has 2 aromatic carbocycles. The first-order valence-electron chi connectivity index (χ1n) is 8.75. The molecule has 3 rings (SSSR count). The first-order valence-corrected chi connectivity index (χ1v) is 8.75. The molecule has 0 saturated carbocycles. The average Bonchev–Trinajstić information content (AvgIpc) is 3.12. The van der Waals surface area contributed by atoms with Gasteiger partial charge in [-0.15, -0.1) is 0 Å². The normalized spacial score (nSPS) is 17.2. The van der Waals surface area contributed by atoms with Crippen molar-refractivity contribution >= 4 is 12.1 Å². The van der Waals surface area contributed by atoms with E-state index >= 15 is 0 Å². The van der Waals surface area contributed by atoms with Gasteiger partial charge >= 0.3 is 6.09 Å². The Morgan fingerprint density at radius 3 is 2.27 bits per heavy atom. The van der Waals surface area contributed by atoms with Crippen LogP contribution < -0.4 is 5.11 Å². The predicted molar refractivity (Wildman–Crippen MR) is 96.1 cm³/mol. The smallest absolute Gasteiger partial charge is 0.411 e. The Bertz CT molecular complexity index is 783. The quantitative estimate of drug-likeness (QED) is 0.848. The van der Waals surface area contributed by atoms with Gasteiger partial charge in [0.05, 0.1) is 12.0 Å². The molecule has 1 atom stereocenters. The van der Waals surface area contributed by atoms with E-state index in [1.54, 1.807) is 13.8 Å². The van der Waals surface area contributed by atoms with E-state index in [0.29, 0.717) is 19.4 Å². The molecule has 5 nitrogen and oxygen atoms in total. The third-order valence-electron chi connectivity index (χ3n) is 4.79. The summed E-state index contributed by atoms with van der Waals surface area (Å²) in [6, 6.07) is 16.9. The zero-order valence-electron chi connectivity index (χ0n) is 15.0. The van der Waals surface area contributed by atoms with Crippen LogP contribution in [0.4, 0.5) is 4.79 Å². The Morgan fingerprint density at radius 2 is 1.65 bits per heavy atom. The molecule has 1 aliphatic heterocycles. The number of carbonyl (C=O) groups excluding carboxylic acids is 2. The summed E-state index contributed by atoms with van der Waals surface area (Å²) in [6.45, 7) is 3.97. The number of hydrogen-bond donors (Lipinski definition) is 0. The fourth-order valence-corrected chi connectivity index (χ4v) is 3.26. The summed E-state index contributed by atoms with van der Waals surface area (Å²) in [7, 11) is 0. The second-order valence-electron chi connectivity index (χ2n) is 6.99. The standard InChI is InChI=1S/C21H23NO4/c1-21(2,26-20(25)22-14-6-9-18(22)19(23)24)17-12-10-16(11-13-17)15-7-4-3-5-8-15/h3-5,7-8,10-13,18H,6,9,14H2,1-2H3,(H,23,24)/p-1. The van der Waals surface area contributed by atoms with E-state index in [2.05, 4.69) is 0 Å². The van der Waals surface area contributed by atoms with E-state index in [9.17, 15) is 14.7 Å². The highest BCUT2D eigenvalue weighted by atomic mass is 16.6. The lowest BCUT2D eigenvalue weighted by molar-refractivity contribution is -0.310. The van der Waals surface area contributed by atoms with E-state index < -0.39 is 23.7 Å². The fraction of sp³-hybridized carbons (Fsp3) is 0.333. The Hall–Kier alpha value is -2.82. The number of rotatable bonds is 4. The van der Waals surface area contributed by atoms with Crippen LogP contribution in [0.15, 0.2) is 54.6 Å². The lowest BCUT2D eigenvalue weighted by Crippen LogP contribution is -2.48. The molecule has 26 heavy (non-hydrogen) atoms. The highest BCUT2D eigenvalue weighted by molar-refractivity contribution is 5.79. The number of hydrogen-bond acceptors (Lipinski definition) is 4. The summed E-state index contributed by atoms with van der Waals surface area (Å²) >= 11 is 0. The molecule has 0 N–H and O–H groups in total. The molecular weight excluding hydrogens is 330 g/mol. The van der Waals surface area contributed by atoms with Crippen molar-refractivity contribution < 1.29 is 19.4 Å². The monoisotopic (exact) mass is 352 g/mol. The molecule has 1 heterocycles. The third-order valence-corrected chi connectivity index (χ3v) is 4.79. The minimum Gasteiger partial charge on any atom is -0.548 e.